The van der Waals surface area contributed by atoms with E-state index in [0.717, 1.165) is 0 Å². The SMILES string of the molecule is CCNC(CCOc1cccc([N+](=O)[O-])c1C)C(=O)O. The molecule has 0 spiro atoms. The molecule has 1 atom stereocenters. The van der Waals surface area contributed by atoms with Crippen molar-refractivity contribution in [3.63, 3.8) is 0 Å². The Hall–Kier alpha value is -2.15. The van der Waals surface area contributed by atoms with Crippen LogP contribution in [0.15, 0.2) is 18.2 Å². The van der Waals surface area contributed by atoms with Gasteiger partial charge in [0.15, 0.2) is 0 Å². The normalized spacial score (nSPS) is 11.9. The lowest BCUT2D eigenvalue weighted by molar-refractivity contribution is -0.385. The average molecular weight is 282 g/mol. The van der Waals surface area contributed by atoms with E-state index in [9.17, 15) is 14.9 Å². The fourth-order valence-electron chi connectivity index (χ4n) is 1.80. The van der Waals surface area contributed by atoms with Crippen LogP contribution in [0.3, 0.4) is 0 Å². The first-order chi connectivity index (χ1) is 9.47. The van der Waals surface area contributed by atoms with E-state index in [-0.39, 0.29) is 18.7 Å². The minimum Gasteiger partial charge on any atom is -0.493 e. The highest BCUT2D eigenvalue weighted by Crippen LogP contribution is 2.27. The third kappa shape index (κ3) is 4.20. The number of carboxylic acid groups (broad SMARTS) is 1. The van der Waals surface area contributed by atoms with E-state index in [1.54, 1.807) is 19.1 Å². The van der Waals surface area contributed by atoms with E-state index in [0.29, 0.717) is 17.9 Å². The molecule has 0 fully saturated rings. The molecule has 0 heterocycles. The molecule has 2 N–H and O–H groups in total. The maximum atomic E-state index is 10.9. The van der Waals surface area contributed by atoms with Gasteiger partial charge in [0, 0.05) is 12.5 Å². The van der Waals surface area contributed by atoms with Gasteiger partial charge in [0.2, 0.25) is 0 Å². The van der Waals surface area contributed by atoms with E-state index in [2.05, 4.69) is 5.32 Å². The summed E-state index contributed by atoms with van der Waals surface area (Å²) in [7, 11) is 0. The first-order valence-electron chi connectivity index (χ1n) is 6.30. The van der Waals surface area contributed by atoms with Crippen LogP contribution in [0.5, 0.6) is 5.75 Å². The topological polar surface area (TPSA) is 102 Å². The lowest BCUT2D eigenvalue weighted by Gasteiger charge is -2.14. The predicted octanol–water partition coefficient (Wildman–Crippen LogP) is 1.73. The van der Waals surface area contributed by atoms with Gasteiger partial charge in [-0.05, 0) is 19.5 Å². The molecule has 1 rings (SSSR count). The summed E-state index contributed by atoms with van der Waals surface area (Å²) in [6, 6.07) is 3.89. The molecule has 110 valence electrons. The highest BCUT2D eigenvalue weighted by Gasteiger charge is 2.17. The molecule has 7 heteroatoms. The number of rotatable bonds is 8. The Morgan fingerprint density at radius 3 is 2.80 bits per heavy atom. The molecular formula is C13H18N2O5. The summed E-state index contributed by atoms with van der Waals surface area (Å²) in [6.45, 7) is 4.15. The van der Waals surface area contributed by atoms with Crippen LogP contribution in [0.1, 0.15) is 18.9 Å². The van der Waals surface area contributed by atoms with Gasteiger partial charge in [0.05, 0.1) is 17.1 Å². The van der Waals surface area contributed by atoms with Crippen molar-refractivity contribution < 1.29 is 19.6 Å². The van der Waals surface area contributed by atoms with Gasteiger partial charge >= 0.3 is 5.97 Å². The number of aliphatic carboxylic acids is 1. The monoisotopic (exact) mass is 282 g/mol. The summed E-state index contributed by atoms with van der Waals surface area (Å²) in [5.41, 5.74) is 0.428. The number of nitrogens with one attached hydrogen (secondary N) is 1. The molecule has 7 nitrogen and oxygen atoms in total. The molecular weight excluding hydrogens is 264 g/mol. The molecule has 0 aliphatic heterocycles. The minimum atomic E-state index is -0.939. The highest BCUT2D eigenvalue weighted by molar-refractivity contribution is 5.73. The van der Waals surface area contributed by atoms with Gasteiger partial charge in [-0.1, -0.05) is 13.0 Å². The lowest BCUT2D eigenvalue weighted by atomic mass is 10.2. The molecule has 0 amide bonds. The third-order valence-corrected chi connectivity index (χ3v) is 2.86. The predicted molar refractivity (Wildman–Crippen MR) is 73.0 cm³/mol. The van der Waals surface area contributed by atoms with Gasteiger partial charge in [-0.15, -0.1) is 0 Å². The third-order valence-electron chi connectivity index (χ3n) is 2.86. The first kappa shape index (κ1) is 15.9. The summed E-state index contributed by atoms with van der Waals surface area (Å²) < 4.78 is 5.45. The maximum absolute atomic E-state index is 10.9. The number of carboxylic acids is 1. The molecule has 1 aromatic rings. The average Bonchev–Trinajstić information content (AvgIpc) is 2.39. The molecule has 1 unspecified atom stereocenters. The van der Waals surface area contributed by atoms with Crippen molar-refractivity contribution in [3.8, 4) is 5.75 Å². The smallest absolute Gasteiger partial charge is 0.320 e. The maximum Gasteiger partial charge on any atom is 0.320 e. The molecule has 0 bridgehead atoms. The minimum absolute atomic E-state index is 0.0102. The van der Waals surface area contributed by atoms with Gasteiger partial charge in [-0.25, -0.2) is 0 Å². The highest BCUT2D eigenvalue weighted by atomic mass is 16.6. The zero-order chi connectivity index (χ0) is 15.1. The van der Waals surface area contributed by atoms with E-state index < -0.39 is 16.9 Å². The van der Waals surface area contributed by atoms with Crippen LogP contribution in [0.4, 0.5) is 5.69 Å². The van der Waals surface area contributed by atoms with Gasteiger partial charge in [0.1, 0.15) is 11.8 Å². The summed E-state index contributed by atoms with van der Waals surface area (Å²) in [6.07, 6.45) is 0.283. The number of carbonyl (C=O) groups is 1. The second-order valence-electron chi connectivity index (χ2n) is 4.24. The molecule has 0 radical (unpaired) electrons. The molecule has 0 saturated carbocycles. The van der Waals surface area contributed by atoms with Crippen molar-refractivity contribution in [1.29, 1.82) is 0 Å². The van der Waals surface area contributed by atoms with Crippen LogP contribution in [0.2, 0.25) is 0 Å². The first-order valence-corrected chi connectivity index (χ1v) is 6.30. The number of hydrogen-bond donors (Lipinski definition) is 2. The molecule has 0 aromatic heterocycles. The van der Waals surface area contributed by atoms with Gasteiger partial charge in [0.25, 0.3) is 5.69 Å². The molecule has 0 saturated heterocycles. The summed E-state index contributed by atoms with van der Waals surface area (Å²) in [4.78, 5) is 21.3. The Bertz CT molecular complexity index is 490. The van der Waals surface area contributed by atoms with Crippen LogP contribution in [-0.4, -0.2) is 35.2 Å². The summed E-state index contributed by atoms with van der Waals surface area (Å²) >= 11 is 0. The zero-order valence-electron chi connectivity index (χ0n) is 11.5. The van der Waals surface area contributed by atoms with Crippen LogP contribution in [0, 0.1) is 17.0 Å². The summed E-state index contributed by atoms with van der Waals surface area (Å²) in [5, 5.41) is 22.6. The van der Waals surface area contributed by atoms with Crippen LogP contribution in [0.25, 0.3) is 0 Å². The van der Waals surface area contributed by atoms with Crippen molar-refractivity contribution in [1.82, 2.24) is 5.32 Å². The van der Waals surface area contributed by atoms with Crippen LogP contribution < -0.4 is 10.1 Å². The Labute approximate surface area is 116 Å². The van der Waals surface area contributed by atoms with E-state index >= 15 is 0 Å². The molecule has 20 heavy (non-hydrogen) atoms. The van der Waals surface area contributed by atoms with Gasteiger partial charge in [-0.2, -0.15) is 0 Å². The van der Waals surface area contributed by atoms with Crippen molar-refractivity contribution in [2.45, 2.75) is 26.3 Å². The van der Waals surface area contributed by atoms with Crippen molar-refractivity contribution in [2.75, 3.05) is 13.2 Å². The van der Waals surface area contributed by atoms with Crippen molar-refractivity contribution in [2.24, 2.45) is 0 Å². The molecule has 0 aliphatic carbocycles. The van der Waals surface area contributed by atoms with Gasteiger partial charge < -0.3 is 15.2 Å². The van der Waals surface area contributed by atoms with E-state index in [4.69, 9.17) is 9.84 Å². The lowest BCUT2D eigenvalue weighted by Crippen LogP contribution is -2.37. The van der Waals surface area contributed by atoms with Crippen molar-refractivity contribution in [3.05, 3.63) is 33.9 Å². The number of hydrogen-bond acceptors (Lipinski definition) is 5. The number of nitro groups is 1. The fraction of sp³-hybridized carbons (Fsp3) is 0.462. The number of ether oxygens (including phenoxy) is 1. The van der Waals surface area contributed by atoms with Crippen molar-refractivity contribution >= 4 is 11.7 Å². The second-order valence-corrected chi connectivity index (χ2v) is 4.24. The van der Waals surface area contributed by atoms with Gasteiger partial charge in [-0.3, -0.25) is 14.9 Å². The quantitative estimate of drug-likeness (QED) is 0.556. The largest absolute Gasteiger partial charge is 0.493 e. The fourth-order valence-corrected chi connectivity index (χ4v) is 1.80. The summed E-state index contributed by atoms with van der Waals surface area (Å²) in [5.74, 6) is -0.536. The Morgan fingerprint density at radius 2 is 2.25 bits per heavy atom. The molecule has 0 aliphatic rings. The van der Waals surface area contributed by atoms with Crippen LogP contribution in [-0.2, 0) is 4.79 Å². The zero-order valence-corrected chi connectivity index (χ0v) is 11.5. The Morgan fingerprint density at radius 1 is 1.55 bits per heavy atom. The van der Waals surface area contributed by atoms with E-state index in [1.807, 2.05) is 6.92 Å². The van der Waals surface area contributed by atoms with E-state index in [1.165, 1.54) is 6.07 Å². The second kappa shape index (κ2) is 7.44. The number of benzene rings is 1. The number of nitrogens with zero attached hydrogens (tertiary/aromatic N) is 1. The number of likely N-dealkylation sites (N-methyl/N-ethyl adjacent to an activating group) is 1. The Kier molecular flexibility index (Phi) is 5.92. The van der Waals surface area contributed by atoms with Crippen LogP contribution >= 0.6 is 0 Å². The molecule has 1 aromatic carbocycles. The number of nitro benzene ring substituents is 1. The Balaban J connectivity index is 2.64. The standard InChI is InChI=1S/C13H18N2O5/c1-3-14-10(13(16)17)7-8-20-12-6-4-5-11(9(12)2)15(18)19/h4-6,10,14H,3,7-8H2,1-2H3,(H,16,17).